The SMILES string of the molecule is COC[C@H]1Cn2cc(-c3ccnc(NC(C)C)n3)cc2CN1Cc1cc(F)ccc1CO. The number of aliphatic hydroxyl groups is 1. The summed E-state index contributed by atoms with van der Waals surface area (Å²) in [5, 5.41) is 12.9. The van der Waals surface area contributed by atoms with E-state index in [9.17, 15) is 9.50 Å². The number of hydrogen-bond acceptors (Lipinski definition) is 6. The van der Waals surface area contributed by atoms with Crippen molar-refractivity contribution in [1.82, 2.24) is 19.4 Å². The Balaban J connectivity index is 1.60. The average molecular weight is 440 g/mol. The van der Waals surface area contributed by atoms with E-state index in [0.717, 1.165) is 34.6 Å². The molecule has 3 heterocycles. The molecule has 7 nitrogen and oxygen atoms in total. The second-order valence-electron chi connectivity index (χ2n) is 8.52. The quantitative estimate of drug-likeness (QED) is 0.560. The topological polar surface area (TPSA) is 75.4 Å². The van der Waals surface area contributed by atoms with E-state index in [1.165, 1.54) is 12.1 Å². The zero-order chi connectivity index (χ0) is 22.7. The Labute approximate surface area is 187 Å². The molecule has 0 unspecified atom stereocenters. The number of methoxy groups -OCH3 is 1. The molecular weight excluding hydrogens is 409 g/mol. The van der Waals surface area contributed by atoms with E-state index in [1.807, 2.05) is 6.07 Å². The maximum absolute atomic E-state index is 13.9. The fraction of sp³-hybridized carbons (Fsp3) is 0.417. The molecule has 0 spiro atoms. The molecule has 0 amide bonds. The Hall–Kier alpha value is -2.81. The molecule has 2 aromatic heterocycles. The van der Waals surface area contributed by atoms with Crippen molar-refractivity contribution in [2.75, 3.05) is 19.0 Å². The number of nitrogens with one attached hydrogen (secondary N) is 1. The molecule has 0 saturated carbocycles. The van der Waals surface area contributed by atoms with Gasteiger partial charge < -0.3 is 19.7 Å². The molecule has 4 rings (SSSR count). The Kier molecular flexibility index (Phi) is 6.83. The van der Waals surface area contributed by atoms with Gasteiger partial charge in [0, 0.05) is 56.4 Å². The van der Waals surface area contributed by atoms with Crippen molar-refractivity contribution in [2.24, 2.45) is 0 Å². The predicted molar refractivity (Wildman–Crippen MR) is 121 cm³/mol. The van der Waals surface area contributed by atoms with E-state index in [1.54, 1.807) is 19.4 Å². The summed E-state index contributed by atoms with van der Waals surface area (Å²) in [6, 6.07) is 9.00. The van der Waals surface area contributed by atoms with E-state index in [-0.39, 0.29) is 24.5 Å². The highest BCUT2D eigenvalue weighted by Gasteiger charge is 2.27. The minimum absolute atomic E-state index is 0.112. The second kappa shape index (κ2) is 9.77. The van der Waals surface area contributed by atoms with Gasteiger partial charge in [-0.15, -0.1) is 0 Å². The molecule has 2 N–H and O–H groups in total. The molecular formula is C24H30FN5O2. The minimum atomic E-state index is -0.294. The first-order valence-corrected chi connectivity index (χ1v) is 10.9. The smallest absolute Gasteiger partial charge is 0.223 e. The molecule has 0 bridgehead atoms. The number of aliphatic hydroxyl groups excluding tert-OH is 1. The van der Waals surface area contributed by atoms with Gasteiger partial charge in [-0.25, -0.2) is 14.4 Å². The molecule has 0 radical (unpaired) electrons. The van der Waals surface area contributed by atoms with Gasteiger partial charge >= 0.3 is 0 Å². The maximum atomic E-state index is 13.9. The first-order chi connectivity index (χ1) is 15.5. The van der Waals surface area contributed by atoms with Crippen LogP contribution in [0.25, 0.3) is 11.3 Å². The van der Waals surface area contributed by atoms with Crippen LogP contribution >= 0.6 is 0 Å². The van der Waals surface area contributed by atoms with Crippen LogP contribution < -0.4 is 5.32 Å². The first-order valence-electron chi connectivity index (χ1n) is 10.9. The monoisotopic (exact) mass is 439 g/mol. The molecule has 1 aliphatic rings. The van der Waals surface area contributed by atoms with Crippen molar-refractivity contribution in [1.29, 1.82) is 0 Å². The van der Waals surface area contributed by atoms with Crippen LogP contribution in [0.15, 0.2) is 42.7 Å². The Bertz CT molecular complexity index is 1070. The molecule has 1 aliphatic heterocycles. The Morgan fingerprint density at radius 2 is 2.09 bits per heavy atom. The lowest BCUT2D eigenvalue weighted by molar-refractivity contribution is 0.0536. The van der Waals surface area contributed by atoms with Crippen LogP contribution in [0.5, 0.6) is 0 Å². The molecule has 1 aromatic carbocycles. The van der Waals surface area contributed by atoms with Crippen LogP contribution in [0.2, 0.25) is 0 Å². The van der Waals surface area contributed by atoms with Gasteiger partial charge in [0.1, 0.15) is 5.82 Å². The lowest BCUT2D eigenvalue weighted by atomic mass is 10.1. The number of benzene rings is 1. The number of anilines is 1. The molecule has 32 heavy (non-hydrogen) atoms. The normalized spacial score (nSPS) is 16.4. The molecule has 0 fully saturated rings. The first kappa shape index (κ1) is 22.4. The number of nitrogens with zero attached hydrogens (tertiary/aromatic N) is 4. The molecule has 0 aliphatic carbocycles. The fourth-order valence-corrected chi connectivity index (χ4v) is 4.17. The third-order valence-electron chi connectivity index (χ3n) is 5.72. The van der Waals surface area contributed by atoms with E-state index >= 15 is 0 Å². The van der Waals surface area contributed by atoms with Crippen molar-refractivity contribution < 1.29 is 14.2 Å². The van der Waals surface area contributed by atoms with E-state index in [2.05, 4.69) is 50.9 Å². The van der Waals surface area contributed by atoms with Crippen molar-refractivity contribution in [2.45, 2.75) is 52.2 Å². The van der Waals surface area contributed by atoms with Gasteiger partial charge in [-0.1, -0.05) is 6.07 Å². The summed E-state index contributed by atoms with van der Waals surface area (Å²) in [7, 11) is 1.69. The number of ether oxygens (including phenoxy) is 1. The summed E-state index contributed by atoms with van der Waals surface area (Å²) in [5.74, 6) is 0.320. The van der Waals surface area contributed by atoms with Gasteiger partial charge in [-0.3, -0.25) is 4.90 Å². The standard InChI is InChI=1S/C24H30FN5O2/c1-16(2)27-24-26-7-6-23(28-24)19-9-21-12-30(22(15-32-3)13-29(21)11-19)10-18-8-20(25)5-4-17(18)14-31/h4-9,11,16,22,31H,10,12-15H2,1-3H3,(H,26,27,28)/t22-/m1/s1. The largest absolute Gasteiger partial charge is 0.392 e. The zero-order valence-electron chi connectivity index (χ0n) is 18.8. The lowest BCUT2D eigenvalue weighted by Gasteiger charge is -2.36. The summed E-state index contributed by atoms with van der Waals surface area (Å²) in [5.41, 5.74) is 4.61. The summed E-state index contributed by atoms with van der Waals surface area (Å²) in [6.45, 7) is 6.55. The van der Waals surface area contributed by atoms with Crippen LogP contribution in [0.4, 0.5) is 10.3 Å². The number of halogens is 1. The van der Waals surface area contributed by atoms with Gasteiger partial charge in [0.15, 0.2) is 0 Å². The van der Waals surface area contributed by atoms with Gasteiger partial charge in [-0.2, -0.15) is 0 Å². The number of aromatic nitrogens is 3. The maximum Gasteiger partial charge on any atom is 0.223 e. The zero-order valence-corrected chi connectivity index (χ0v) is 18.8. The average Bonchev–Trinajstić information content (AvgIpc) is 3.17. The van der Waals surface area contributed by atoms with Crippen molar-refractivity contribution in [3.8, 4) is 11.3 Å². The van der Waals surface area contributed by atoms with Crippen LogP contribution in [0.3, 0.4) is 0 Å². The van der Waals surface area contributed by atoms with Crippen molar-refractivity contribution >= 4 is 5.95 Å². The lowest BCUT2D eigenvalue weighted by Crippen LogP contribution is -2.44. The summed E-state index contributed by atoms with van der Waals surface area (Å²) in [6.07, 6.45) is 3.89. The number of hydrogen-bond donors (Lipinski definition) is 2. The number of fused-ring (bicyclic) bond motifs is 1. The van der Waals surface area contributed by atoms with Gasteiger partial charge in [-0.05, 0) is 49.2 Å². The molecule has 0 saturated heterocycles. The number of rotatable bonds is 8. The summed E-state index contributed by atoms with van der Waals surface area (Å²) in [4.78, 5) is 11.2. The molecule has 1 atom stereocenters. The molecule has 8 heteroatoms. The van der Waals surface area contributed by atoms with Crippen molar-refractivity contribution in [3.05, 3.63) is 65.4 Å². The van der Waals surface area contributed by atoms with Crippen LogP contribution in [-0.4, -0.2) is 50.3 Å². The van der Waals surface area contributed by atoms with Crippen LogP contribution in [0, 0.1) is 5.82 Å². The molecule has 3 aromatic rings. The highest BCUT2D eigenvalue weighted by molar-refractivity contribution is 5.60. The van der Waals surface area contributed by atoms with Gasteiger partial charge in [0.2, 0.25) is 5.95 Å². The van der Waals surface area contributed by atoms with E-state index in [0.29, 0.717) is 25.6 Å². The fourth-order valence-electron chi connectivity index (χ4n) is 4.17. The highest BCUT2D eigenvalue weighted by Crippen LogP contribution is 2.28. The van der Waals surface area contributed by atoms with Crippen LogP contribution in [-0.2, 0) is 31.0 Å². The summed E-state index contributed by atoms with van der Waals surface area (Å²) < 4.78 is 21.6. The summed E-state index contributed by atoms with van der Waals surface area (Å²) >= 11 is 0. The van der Waals surface area contributed by atoms with E-state index in [4.69, 9.17) is 4.74 Å². The second-order valence-corrected chi connectivity index (χ2v) is 8.52. The Morgan fingerprint density at radius 1 is 1.25 bits per heavy atom. The van der Waals surface area contributed by atoms with Crippen molar-refractivity contribution in [3.63, 3.8) is 0 Å². The predicted octanol–water partition coefficient (Wildman–Crippen LogP) is 3.43. The molecule has 170 valence electrons. The van der Waals surface area contributed by atoms with Gasteiger partial charge in [0.25, 0.3) is 0 Å². The minimum Gasteiger partial charge on any atom is -0.392 e. The Morgan fingerprint density at radius 3 is 2.84 bits per heavy atom. The van der Waals surface area contributed by atoms with Gasteiger partial charge in [0.05, 0.1) is 24.9 Å². The third-order valence-corrected chi connectivity index (χ3v) is 5.72. The highest BCUT2D eigenvalue weighted by atomic mass is 19.1. The van der Waals surface area contributed by atoms with E-state index < -0.39 is 0 Å². The third kappa shape index (κ3) is 4.98. The van der Waals surface area contributed by atoms with Crippen LogP contribution in [0.1, 0.15) is 30.7 Å².